The molecule has 1 atom stereocenters. The maximum absolute atomic E-state index is 7.36. The van der Waals surface area contributed by atoms with E-state index in [2.05, 4.69) is 84.9 Å². The third-order valence-electron chi connectivity index (χ3n) is 5.43. The van der Waals surface area contributed by atoms with Crippen LogP contribution in [0.4, 0.5) is 0 Å². The van der Waals surface area contributed by atoms with E-state index in [-0.39, 0.29) is 7.25 Å². The van der Waals surface area contributed by atoms with Crippen LogP contribution < -0.4 is 0 Å². The molecule has 0 aliphatic heterocycles. The number of allylic oxidation sites excluding steroid dienone is 1. The van der Waals surface area contributed by atoms with E-state index in [0.29, 0.717) is 0 Å². The van der Waals surface area contributed by atoms with Crippen LogP contribution in [-0.4, -0.2) is 0 Å². The van der Waals surface area contributed by atoms with Crippen molar-refractivity contribution in [2.45, 2.75) is 7.25 Å². The normalized spacial score (nSPS) is 18.1. The van der Waals surface area contributed by atoms with Crippen molar-refractivity contribution in [2.75, 3.05) is 0 Å². The van der Waals surface area contributed by atoms with Gasteiger partial charge in [0.05, 0.1) is 0 Å². The van der Waals surface area contributed by atoms with Crippen molar-refractivity contribution in [3.63, 3.8) is 0 Å². The molecule has 0 aromatic heterocycles. The fourth-order valence-electron chi connectivity index (χ4n) is 4.33. The predicted molar refractivity (Wildman–Crippen MR) is 104 cm³/mol. The van der Waals surface area contributed by atoms with Gasteiger partial charge in [-0.1, -0.05) is 0 Å². The van der Waals surface area contributed by atoms with Gasteiger partial charge in [-0.15, -0.1) is 0 Å². The molecule has 0 nitrogen and oxygen atoms in total. The number of hydrogen-bond acceptors (Lipinski definition) is 0. The number of hydrogen-bond donors (Lipinski definition) is 0. The molecule has 122 valence electrons. The summed E-state index contributed by atoms with van der Waals surface area (Å²) < 4.78 is 0.337. The Bertz CT molecular complexity index is 961. The summed E-state index contributed by atoms with van der Waals surface area (Å²) in [5, 5.41) is 0. The fraction of sp³-hybridized carbons (Fsp3) is 0.0909. The molecule has 5 rings (SSSR count). The Balaban J connectivity index is 1.70. The number of rotatable bonds is 2. The Morgan fingerprint density at radius 2 is 1.16 bits per heavy atom. The van der Waals surface area contributed by atoms with Gasteiger partial charge in [-0.05, 0) is 0 Å². The Morgan fingerprint density at radius 3 is 1.80 bits per heavy atom. The summed E-state index contributed by atoms with van der Waals surface area (Å²) in [6.45, 7) is 0. The first-order valence-electron chi connectivity index (χ1n) is 8.51. The maximum atomic E-state index is 7.36. The average Bonchev–Trinajstić information content (AvgIpc) is 3.22. The summed E-state index contributed by atoms with van der Waals surface area (Å²) in [5.74, 6) is 0. The molecule has 3 heteroatoms. The Morgan fingerprint density at radius 1 is 0.640 bits per heavy atom. The van der Waals surface area contributed by atoms with E-state index < -0.39 is 17.9 Å². The van der Waals surface area contributed by atoms with Crippen molar-refractivity contribution < 1.29 is 17.9 Å². The summed E-state index contributed by atoms with van der Waals surface area (Å²) in [7, 11) is 14.7. The van der Waals surface area contributed by atoms with Crippen LogP contribution >= 0.6 is 17.0 Å². The van der Waals surface area contributed by atoms with Gasteiger partial charge in [-0.25, -0.2) is 0 Å². The van der Waals surface area contributed by atoms with Crippen LogP contribution in [0.1, 0.15) is 29.5 Å². The molecule has 1 unspecified atom stereocenters. The molecule has 2 aliphatic carbocycles. The second-order valence-electron chi connectivity index (χ2n) is 6.75. The Labute approximate surface area is 159 Å². The minimum atomic E-state index is -3.65. The molecule has 2 aliphatic rings. The number of halogens is 2. The van der Waals surface area contributed by atoms with Crippen molar-refractivity contribution in [1.29, 1.82) is 0 Å². The molecule has 0 amide bonds. The van der Waals surface area contributed by atoms with Gasteiger partial charge in [-0.3, -0.25) is 0 Å². The van der Waals surface area contributed by atoms with Crippen LogP contribution in [0.2, 0.25) is 0 Å². The van der Waals surface area contributed by atoms with Crippen LogP contribution in [0.25, 0.3) is 17.2 Å². The van der Waals surface area contributed by atoms with E-state index in [0.717, 1.165) is 0 Å². The second kappa shape index (κ2) is 5.95. The molecule has 0 heterocycles. The standard InChI is InChI=1S/C13H9.C9H7.2ClH.Zr/c1-3-7-12-10(5-1)9-11-6-2-4-8-13(11)12;1-2-5-9-7-3-6-8(9)4-1;;;/h1-9H;1-7H;2*1H;/q;;;;+2/p-2. The van der Waals surface area contributed by atoms with E-state index >= 15 is 0 Å². The summed E-state index contributed by atoms with van der Waals surface area (Å²) in [6.07, 6.45) is 4.42. The van der Waals surface area contributed by atoms with Crippen LogP contribution in [0.3, 0.4) is 0 Å². The van der Waals surface area contributed by atoms with Crippen molar-refractivity contribution in [3.8, 4) is 11.1 Å². The molecule has 0 N–H and O–H groups in total. The summed E-state index contributed by atoms with van der Waals surface area (Å²) in [4.78, 5) is 0. The van der Waals surface area contributed by atoms with Crippen LogP contribution in [-0.2, 0) is 17.9 Å². The molecule has 25 heavy (non-hydrogen) atoms. The minimum absolute atomic E-state index is 0.158. The first-order valence-corrected chi connectivity index (χ1v) is 17.7. The van der Waals surface area contributed by atoms with E-state index in [4.69, 9.17) is 17.0 Å². The van der Waals surface area contributed by atoms with Gasteiger partial charge in [0, 0.05) is 0 Å². The first-order chi connectivity index (χ1) is 12.2. The molecule has 0 spiro atoms. The monoisotopic (exact) mass is 440 g/mol. The Hall–Kier alpha value is -1.14. The van der Waals surface area contributed by atoms with Gasteiger partial charge >= 0.3 is 160 Å². The van der Waals surface area contributed by atoms with Gasteiger partial charge in [0.2, 0.25) is 0 Å². The zero-order valence-electron chi connectivity index (χ0n) is 13.5. The Kier molecular flexibility index (Phi) is 3.82. The SMILES string of the molecule is [Cl][Zr]([Cl])([CH]1C=Cc2ccccc21)[CH]1c2ccccc2-c2ccccc21. The third kappa shape index (κ3) is 2.37. The van der Waals surface area contributed by atoms with Gasteiger partial charge in [0.1, 0.15) is 0 Å². The van der Waals surface area contributed by atoms with Crippen LogP contribution in [0.5, 0.6) is 0 Å². The van der Waals surface area contributed by atoms with Crippen molar-refractivity contribution >= 4 is 23.1 Å². The van der Waals surface area contributed by atoms with Crippen LogP contribution in [0, 0.1) is 0 Å². The van der Waals surface area contributed by atoms with Gasteiger partial charge in [-0.2, -0.15) is 0 Å². The molecule has 0 bridgehead atoms. The fourth-order valence-corrected chi connectivity index (χ4v) is 16.1. The van der Waals surface area contributed by atoms with Crippen molar-refractivity contribution in [1.82, 2.24) is 0 Å². The van der Waals surface area contributed by atoms with Crippen LogP contribution in [0.15, 0.2) is 78.9 Å². The predicted octanol–water partition coefficient (Wildman–Crippen LogP) is 6.99. The molecule has 0 fully saturated rings. The van der Waals surface area contributed by atoms with E-state index in [1.54, 1.807) is 0 Å². The second-order valence-corrected chi connectivity index (χ2v) is 21.6. The third-order valence-corrected chi connectivity index (χ3v) is 17.5. The zero-order valence-corrected chi connectivity index (χ0v) is 17.5. The van der Waals surface area contributed by atoms with Crippen molar-refractivity contribution in [3.05, 3.63) is 101 Å². The van der Waals surface area contributed by atoms with E-state index in [1.807, 2.05) is 0 Å². The summed E-state index contributed by atoms with van der Waals surface area (Å²) in [6, 6.07) is 25.7. The number of benzene rings is 3. The molecular weight excluding hydrogens is 426 g/mol. The molecule has 3 aromatic carbocycles. The van der Waals surface area contributed by atoms with E-state index in [1.165, 1.54) is 33.4 Å². The molecular formula is C22H16Cl2Zr. The first kappa shape index (κ1) is 16.1. The topological polar surface area (TPSA) is 0 Å². The van der Waals surface area contributed by atoms with Gasteiger partial charge in [0.15, 0.2) is 0 Å². The molecule has 0 saturated carbocycles. The average molecular weight is 443 g/mol. The molecule has 3 aromatic rings. The number of fused-ring (bicyclic) bond motifs is 4. The van der Waals surface area contributed by atoms with E-state index in [9.17, 15) is 0 Å². The molecule has 0 saturated heterocycles. The van der Waals surface area contributed by atoms with Crippen molar-refractivity contribution in [2.24, 2.45) is 0 Å². The quantitative estimate of drug-likeness (QED) is 0.401. The molecule has 0 radical (unpaired) electrons. The summed E-state index contributed by atoms with van der Waals surface area (Å²) in [5.41, 5.74) is 7.76. The zero-order chi connectivity index (χ0) is 17.0. The van der Waals surface area contributed by atoms with Gasteiger partial charge in [0.25, 0.3) is 0 Å². The summed E-state index contributed by atoms with van der Waals surface area (Å²) >= 11 is -3.65. The van der Waals surface area contributed by atoms with Gasteiger partial charge < -0.3 is 0 Å².